The fraction of sp³-hybridized carbons (Fsp3) is 0.500. The van der Waals surface area contributed by atoms with Crippen LogP contribution in [0.1, 0.15) is 25.0 Å². The van der Waals surface area contributed by atoms with Gasteiger partial charge >= 0.3 is 11.9 Å². The zero-order valence-corrected chi connectivity index (χ0v) is 10.0. The number of carboxylic acid groups (broad SMARTS) is 2. The van der Waals surface area contributed by atoms with Gasteiger partial charge in [-0.3, -0.25) is 14.5 Å². The van der Waals surface area contributed by atoms with E-state index in [4.69, 9.17) is 14.6 Å². The predicted molar refractivity (Wildman–Crippen MR) is 63.1 cm³/mol. The molecule has 1 aromatic heterocycles. The van der Waals surface area contributed by atoms with Crippen LogP contribution < -0.4 is 0 Å². The van der Waals surface area contributed by atoms with Crippen molar-refractivity contribution in [1.29, 1.82) is 0 Å². The van der Waals surface area contributed by atoms with Crippen LogP contribution in [0.3, 0.4) is 0 Å². The van der Waals surface area contributed by atoms with Gasteiger partial charge in [0, 0.05) is 13.0 Å². The van der Waals surface area contributed by atoms with Crippen LogP contribution in [0.5, 0.6) is 0 Å². The second-order valence-electron chi connectivity index (χ2n) is 4.00. The van der Waals surface area contributed by atoms with E-state index in [0.29, 0.717) is 26.1 Å². The van der Waals surface area contributed by atoms with Crippen molar-refractivity contribution in [3.63, 3.8) is 0 Å². The van der Waals surface area contributed by atoms with E-state index in [1.54, 1.807) is 12.3 Å². The van der Waals surface area contributed by atoms with Gasteiger partial charge in [-0.2, -0.15) is 0 Å². The molecular weight excluding hydrogens is 238 g/mol. The van der Waals surface area contributed by atoms with E-state index in [1.165, 1.54) is 0 Å². The van der Waals surface area contributed by atoms with Crippen LogP contribution in [0.4, 0.5) is 0 Å². The number of carboxylic acids is 2. The fourth-order valence-electron chi connectivity index (χ4n) is 1.60. The summed E-state index contributed by atoms with van der Waals surface area (Å²) in [6.45, 7) is 1.43. The van der Waals surface area contributed by atoms with E-state index in [1.807, 2.05) is 11.0 Å². The van der Waals surface area contributed by atoms with Gasteiger partial charge in [0.2, 0.25) is 0 Å². The number of hydrogen-bond acceptors (Lipinski definition) is 4. The minimum atomic E-state index is -0.863. The highest BCUT2D eigenvalue weighted by atomic mass is 16.4. The first-order valence-electron chi connectivity index (χ1n) is 5.76. The maximum absolute atomic E-state index is 10.5. The van der Waals surface area contributed by atoms with Crippen molar-refractivity contribution < 1.29 is 24.2 Å². The van der Waals surface area contributed by atoms with E-state index in [-0.39, 0.29) is 12.8 Å². The summed E-state index contributed by atoms with van der Waals surface area (Å²) in [6.07, 6.45) is 2.17. The summed E-state index contributed by atoms with van der Waals surface area (Å²) in [6, 6.07) is 3.58. The first-order valence-corrected chi connectivity index (χ1v) is 5.76. The Labute approximate surface area is 105 Å². The fourth-order valence-corrected chi connectivity index (χ4v) is 1.60. The average Bonchev–Trinajstić information content (AvgIpc) is 2.77. The van der Waals surface area contributed by atoms with Crippen LogP contribution in [0.15, 0.2) is 22.8 Å². The highest BCUT2D eigenvalue weighted by Gasteiger charge is 2.10. The van der Waals surface area contributed by atoms with Crippen molar-refractivity contribution in [3.8, 4) is 0 Å². The minimum absolute atomic E-state index is 0.0355. The smallest absolute Gasteiger partial charge is 0.304 e. The van der Waals surface area contributed by atoms with Crippen LogP contribution in [0.25, 0.3) is 0 Å². The summed E-state index contributed by atoms with van der Waals surface area (Å²) >= 11 is 0. The molecule has 0 bridgehead atoms. The molecule has 0 aliphatic rings. The zero-order chi connectivity index (χ0) is 13.4. The van der Waals surface area contributed by atoms with Gasteiger partial charge in [-0.15, -0.1) is 0 Å². The van der Waals surface area contributed by atoms with Gasteiger partial charge in [-0.05, 0) is 25.1 Å². The van der Waals surface area contributed by atoms with Gasteiger partial charge in [0.05, 0.1) is 19.2 Å². The summed E-state index contributed by atoms with van der Waals surface area (Å²) in [5, 5.41) is 17.2. The Bertz CT molecular complexity index is 374. The quantitative estimate of drug-likeness (QED) is 0.693. The lowest BCUT2D eigenvalue weighted by atomic mass is 10.2. The van der Waals surface area contributed by atoms with Gasteiger partial charge in [-0.25, -0.2) is 0 Å². The SMILES string of the molecule is O=C(O)CCCN(CCC(=O)O)Cc1ccco1. The molecule has 0 amide bonds. The largest absolute Gasteiger partial charge is 0.481 e. The van der Waals surface area contributed by atoms with E-state index >= 15 is 0 Å². The molecule has 0 saturated carbocycles. The lowest BCUT2D eigenvalue weighted by Gasteiger charge is -2.19. The van der Waals surface area contributed by atoms with E-state index in [0.717, 1.165) is 5.76 Å². The van der Waals surface area contributed by atoms with Crippen molar-refractivity contribution in [1.82, 2.24) is 4.90 Å². The molecule has 0 aromatic carbocycles. The predicted octanol–water partition coefficient (Wildman–Crippen LogP) is 1.42. The topological polar surface area (TPSA) is 91.0 Å². The van der Waals surface area contributed by atoms with E-state index < -0.39 is 11.9 Å². The maximum Gasteiger partial charge on any atom is 0.304 e. The van der Waals surface area contributed by atoms with Crippen molar-refractivity contribution in [2.24, 2.45) is 0 Å². The molecule has 2 N–H and O–H groups in total. The Kier molecular flexibility index (Phi) is 5.93. The molecule has 18 heavy (non-hydrogen) atoms. The van der Waals surface area contributed by atoms with Crippen molar-refractivity contribution in [2.75, 3.05) is 13.1 Å². The summed E-state index contributed by atoms with van der Waals surface area (Å²) in [4.78, 5) is 22.9. The van der Waals surface area contributed by atoms with Crippen LogP contribution >= 0.6 is 0 Å². The lowest BCUT2D eigenvalue weighted by Crippen LogP contribution is -2.27. The third-order valence-electron chi connectivity index (χ3n) is 2.47. The van der Waals surface area contributed by atoms with Crippen LogP contribution in [-0.2, 0) is 16.1 Å². The average molecular weight is 255 g/mol. The molecule has 0 radical (unpaired) electrons. The second kappa shape index (κ2) is 7.50. The highest BCUT2D eigenvalue weighted by molar-refractivity contribution is 5.67. The Morgan fingerprint density at radius 3 is 2.44 bits per heavy atom. The molecule has 0 aliphatic heterocycles. The van der Waals surface area contributed by atoms with Crippen molar-refractivity contribution >= 4 is 11.9 Å². The number of furan rings is 1. The molecule has 0 spiro atoms. The number of aliphatic carboxylic acids is 2. The monoisotopic (exact) mass is 255 g/mol. The van der Waals surface area contributed by atoms with Crippen LogP contribution in [-0.4, -0.2) is 40.1 Å². The molecule has 6 nitrogen and oxygen atoms in total. The Hall–Kier alpha value is -1.82. The van der Waals surface area contributed by atoms with Gasteiger partial charge in [0.15, 0.2) is 0 Å². The number of nitrogens with zero attached hydrogens (tertiary/aromatic N) is 1. The Morgan fingerprint density at radius 1 is 1.17 bits per heavy atom. The van der Waals surface area contributed by atoms with Gasteiger partial charge in [0.1, 0.15) is 5.76 Å². The summed E-state index contributed by atoms with van der Waals surface area (Å²) in [7, 11) is 0. The molecular formula is C12H17NO5. The van der Waals surface area contributed by atoms with E-state index in [2.05, 4.69) is 0 Å². The number of rotatable bonds is 9. The Morgan fingerprint density at radius 2 is 1.89 bits per heavy atom. The molecule has 0 aliphatic carbocycles. The number of hydrogen-bond donors (Lipinski definition) is 2. The summed E-state index contributed by atoms with van der Waals surface area (Å²) in [5.74, 6) is -0.959. The lowest BCUT2D eigenvalue weighted by molar-refractivity contribution is -0.138. The highest BCUT2D eigenvalue weighted by Crippen LogP contribution is 2.07. The molecule has 0 fully saturated rings. The van der Waals surface area contributed by atoms with E-state index in [9.17, 15) is 9.59 Å². The molecule has 1 heterocycles. The third-order valence-corrected chi connectivity index (χ3v) is 2.47. The zero-order valence-electron chi connectivity index (χ0n) is 10.0. The molecule has 1 aromatic rings. The molecule has 6 heteroatoms. The second-order valence-corrected chi connectivity index (χ2v) is 4.00. The standard InChI is InChI=1S/C12H17NO5/c14-11(15)4-1-6-13(7-5-12(16)17)9-10-3-2-8-18-10/h2-3,8H,1,4-7,9H2,(H,14,15)(H,16,17). The number of carbonyl (C=O) groups is 2. The summed E-state index contributed by atoms with van der Waals surface area (Å²) < 4.78 is 5.19. The van der Waals surface area contributed by atoms with Crippen LogP contribution in [0, 0.1) is 0 Å². The molecule has 0 saturated heterocycles. The maximum atomic E-state index is 10.5. The minimum Gasteiger partial charge on any atom is -0.481 e. The van der Waals surface area contributed by atoms with Gasteiger partial charge in [0.25, 0.3) is 0 Å². The van der Waals surface area contributed by atoms with Gasteiger partial charge < -0.3 is 14.6 Å². The van der Waals surface area contributed by atoms with Crippen LogP contribution in [0.2, 0.25) is 0 Å². The third kappa shape index (κ3) is 6.05. The van der Waals surface area contributed by atoms with Gasteiger partial charge in [-0.1, -0.05) is 0 Å². The molecule has 100 valence electrons. The first-order chi connectivity index (χ1) is 8.58. The summed E-state index contributed by atoms with van der Waals surface area (Å²) in [5.41, 5.74) is 0. The normalized spacial score (nSPS) is 10.7. The Balaban J connectivity index is 2.40. The first kappa shape index (κ1) is 14.2. The van der Waals surface area contributed by atoms with Crippen molar-refractivity contribution in [3.05, 3.63) is 24.2 Å². The molecule has 1 rings (SSSR count). The molecule has 0 atom stereocenters. The molecule has 0 unspecified atom stereocenters. The van der Waals surface area contributed by atoms with Crippen molar-refractivity contribution in [2.45, 2.75) is 25.8 Å².